The van der Waals surface area contributed by atoms with Gasteiger partial charge in [0.2, 0.25) is 4.45 Å². The molecule has 1 nitrogen and oxygen atoms in total. The first-order valence-corrected chi connectivity index (χ1v) is 6.63. The second-order valence-corrected chi connectivity index (χ2v) is 5.42. The van der Waals surface area contributed by atoms with Crippen LogP contribution < -0.4 is 0 Å². The van der Waals surface area contributed by atoms with Gasteiger partial charge in [0.15, 0.2) is 0 Å². The molecule has 1 aromatic carbocycles. The molecule has 15 heavy (non-hydrogen) atoms. The third-order valence-corrected chi connectivity index (χ3v) is 3.93. The Kier molecular flexibility index (Phi) is 5.58. The Hall–Kier alpha value is -0.670. The first-order valence-electron chi connectivity index (χ1n) is 4.66. The molecule has 0 saturated carbocycles. The average molecular weight is 238 g/mol. The number of carbonyl (C=O) groups excluding carboxylic acids is 1. The molecule has 0 heterocycles. The SMILES string of the molecule is C=C(C)CSC(=O)SCc1ccccc1. The molecule has 0 saturated heterocycles. The second-order valence-electron chi connectivity index (χ2n) is 3.27. The molecule has 0 spiro atoms. The van der Waals surface area contributed by atoms with Crippen LogP contribution in [0.4, 0.5) is 4.79 Å². The zero-order chi connectivity index (χ0) is 11.1. The fraction of sp³-hybridized carbons (Fsp3) is 0.250. The summed E-state index contributed by atoms with van der Waals surface area (Å²) in [5, 5.41) is 0. The zero-order valence-corrected chi connectivity index (χ0v) is 10.4. The Morgan fingerprint density at radius 2 is 1.93 bits per heavy atom. The van der Waals surface area contributed by atoms with Crippen LogP contribution in [0.5, 0.6) is 0 Å². The van der Waals surface area contributed by atoms with E-state index in [4.69, 9.17) is 0 Å². The lowest BCUT2D eigenvalue weighted by atomic mass is 10.2. The summed E-state index contributed by atoms with van der Waals surface area (Å²) in [6, 6.07) is 10.0. The van der Waals surface area contributed by atoms with Gasteiger partial charge in [-0.1, -0.05) is 66.0 Å². The Bertz CT molecular complexity index is 333. The van der Waals surface area contributed by atoms with Crippen molar-refractivity contribution in [1.29, 1.82) is 0 Å². The van der Waals surface area contributed by atoms with Crippen LogP contribution in [0.15, 0.2) is 42.5 Å². The van der Waals surface area contributed by atoms with Crippen LogP contribution in [0.1, 0.15) is 12.5 Å². The lowest BCUT2D eigenvalue weighted by Gasteiger charge is -2.00. The summed E-state index contributed by atoms with van der Waals surface area (Å²) in [6.07, 6.45) is 0. The topological polar surface area (TPSA) is 17.1 Å². The lowest BCUT2D eigenvalue weighted by molar-refractivity contribution is 0.276. The Balaban J connectivity index is 2.26. The summed E-state index contributed by atoms with van der Waals surface area (Å²) >= 11 is 2.68. The van der Waals surface area contributed by atoms with E-state index >= 15 is 0 Å². The van der Waals surface area contributed by atoms with E-state index in [-0.39, 0.29) is 4.45 Å². The number of rotatable bonds is 4. The van der Waals surface area contributed by atoms with E-state index < -0.39 is 0 Å². The van der Waals surface area contributed by atoms with Gasteiger partial charge in [0, 0.05) is 11.5 Å². The summed E-state index contributed by atoms with van der Waals surface area (Å²) < 4.78 is 0.168. The van der Waals surface area contributed by atoms with Crippen molar-refractivity contribution in [3.05, 3.63) is 48.0 Å². The fourth-order valence-corrected chi connectivity index (χ4v) is 2.47. The minimum absolute atomic E-state index is 0.168. The Morgan fingerprint density at radius 3 is 2.53 bits per heavy atom. The third kappa shape index (κ3) is 5.70. The number of hydrogen-bond donors (Lipinski definition) is 0. The largest absolute Gasteiger partial charge is 0.274 e. The highest BCUT2D eigenvalue weighted by molar-refractivity contribution is 8.38. The fourth-order valence-electron chi connectivity index (χ4n) is 0.940. The van der Waals surface area contributed by atoms with Gasteiger partial charge in [-0.05, 0) is 12.5 Å². The molecule has 0 aliphatic rings. The van der Waals surface area contributed by atoms with Crippen molar-refractivity contribution in [1.82, 2.24) is 0 Å². The van der Waals surface area contributed by atoms with Gasteiger partial charge in [-0.3, -0.25) is 4.79 Å². The first-order chi connectivity index (χ1) is 7.18. The predicted octanol–water partition coefficient (Wildman–Crippen LogP) is 4.35. The van der Waals surface area contributed by atoms with E-state index in [0.29, 0.717) is 0 Å². The highest BCUT2D eigenvalue weighted by Crippen LogP contribution is 2.22. The Labute approximate surface area is 99.3 Å². The number of hydrogen-bond acceptors (Lipinski definition) is 3. The standard InChI is InChI=1S/C12H14OS2/c1-10(2)8-14-12(13)15-9-11-6-4-3-5-7-11/h3-7H,1,8-9H2,2H3. The van der Waals surface area contributed by atoms with E-state index in [2.05, 4.69) is 6.58 Å². The maximum absolute atomic E-state index is 11.4. The highest BCUT2D eigenvalue weighted by Gasteiger charge is 2.03. The van der Waals surface area contributed by atoms with Crippen LogP contribution in [0, 0.1) is 0 Å². The molecule has 0 aliphatic heterocycles. The highest BCUT2D eigenvalue weighted by atomic mass is 32.2. The summed E-state index contributed by atoms with van der Waals surface area (Å²) in [5.41, 5.74) is 2.22. The molecule has 0 N–H and O–H groups in total. The van der Waals surface area contributed by atoms with Crippen molar-refractivity contribution in [3.63, 3.8) is 0 Å². The van der Waals surface area contributed by atoms with Gasteiger partial charge in [0.25, 0.3) is 0 Å². The van der Waals surface area contributed by atoms with Crippen LogP contribution >= 0.6 is 23.5 Å². The molecular formula is C12H14OS2. The van der Waals surface area contributed by atoms with Crippen LogP contribution in [0.25, 0.3) is 0 Å². The molecular weight excluding hydrogens is 224 g/mol. The molecule has 0 aliphatic carbocycles. The van der Waals surface area contributed by atoms with E-state index in [1.807, 2.05) is 37.3 Å². The van der Waals surface area contributed by atoms with Gasteiger partial charge < -0.3 is 0 Å². The van der Waals surface area contributed by atoms with Crippen LogP contribution in [-0.2, 0) is 5.75 Å². The normalized spacial score (nSPS) is 9.93. The molecule has 0 bridgehead atoms. The first kappa shape index (κ1) is 12.4. The molecule has 80 valence electrons. The zero-order valence-electron chi connectivity index (χ0n) is 8.73. The minimum atomic E-state index is 0.168. The average Bonchev–Trinajstić information content (AvgIpc) is 2.25. The van der Waals surface area contributed by atoms with Gasteiger partial charge >= 0.3 is 0 Å². The molecule has 0 aromatic heterocycles. The van der Waals surface area contributed by atoms with Gasteiger partial charge in [-0.2, -0.15) is 0 Å². The lowest BCUT2D eigenvalue weighted by Crippen LogP contribution is -1.87. The van der Waals surface area contributed by atoms with Crippen molar-refractivity contribution >= 4 is 28.0 Å². The number of carbonyl (C=O) groups is 1. The summed E-state index contributed by atoms with van der Waals surface area (Å²) in [4.78, 5) is 11.4. The van der Waals surface area contributed by atoms with Crippen molar-refractivity contribution in [2.45, 2.75) is 12.7 Å². The molecule has 0 atom stereocenters. The van der Waals surface area contributed by atoms with Crippen LogP contribution in [0.3, 0.4) is 0 Å². The van der Waals surface area contributed by atoms with Crippen molar-refractivity contribution in [2.75, 3.05) is 5.75 Å². The minimum Gasteiger partial charge on any atom is -0.274 e. The summed E-state index contributed by atoms with van der Waals surface area (Å²) in [5.74, 6) is 1.48. The number of benzene rings is 1. The van der Waals surface area contributed by atoms with E-state index in [9.17, 15) is 4.79 Å². The van der Waals surface area contributed by atoms with Crippen LogP contribution in [0.2, 0.25) is 0 Å². The monoisotopic (exact) mass is 238 g/mol. The van der Waals surface area contributed by atoms with Crippen molar-refractivity contribution in [3.8, 4) is 0 Å². The molecule has 3 heteroatoms. The quantitative estimate of drug-likeness (QED) is 0.726. The molecule has 0 unspecified atom stereocenters. The molecule has 0 radical (unpaired) electrons. The van der Waals surface area contributed by atoms with Gasteiger partial charge in [0.1, 0.15) is 0 Å². The number of thioether (sulfide) groups is 2. The van der Waals surface area contributed by atoms with Gasteiger partial charge in [-0.15, -0.1) is 0 Å². The van der Waals surface area contributed by atoms with E-state index in [1.165, 1.54) is 29.1 Å². The van der Waals surface area contributed by atoms with E-state index in [1.54, 1.807) is 0 Å². The molecule has 1 rings (SSSR count). The molecule has 1 aromatic rings. The van der Waals surface area contributed by atoms with Crippen molar-refractivity contribution in [2.24, 2.45) is 0 Å². The molecule has 0 fully saturated rings. The molecule has 0 amide bonds. The van der Waals surface area contributed by atoms with Crippen LogP contribution in [-0.4, -0.2) is 10.2 Å². The summed E-state index contributed by atoms with van der Waals surface area (Å²) in [7, 11) is 0. The Morgan fingerprint density at radius 1 is 1.27 bits per heavy atom. The maximum atomic E-state index is 11.4. The summed E-state index contributed by atoms with van der Waals surface area (Å²) in [6.45, 7) is 5.70. The smallest absolute Gasteiger partial charge is 0.246 e. The third-order valence-electron chi connectivity index (χ3n) is 1.64. The predicted molar refractivity (Wildman–Crippen MR) is 70.4 cm³/mol. The maximum Gasteiger partial charge on any atom is 0.246 e. The van der Waals surface area contributed by atoms with Gasteiger partial charge in [-0.25, -0.2) is 0 Å². The van der Waals surface area contributed by atoms with E-state index in [0.717, 1.165) is 17.1 Å². The van der Waals surface area contributed by atoms with Crippen molar-refractivity contribution < 1.29 is 4.79 Å². The van der Waals surface area contributed by atoms with Gasteiger partial charge in [0.05, 0.1) is 0 Å². The second kappa shape index (κ2) is 6.75.